The second-order valence-corrected chi connectivity index (χ2v) is 4.37. The second kappa shape index (κ2) is 6.81. The van der Waals surface area contributed by atoms with E-state index < -0.39 is 43.9 Å². The SMILES string of the molecule is N#CC(C#N)=C(C#N)Nc1cc2c(c([N+](=O)[O-])c1[N+](=O)[O-])OCCO2. The maximum absolute atomic E-state index is 11.3. The first-order valence-corrected chi connectivity index (χ1v) is 6.41. The Morgan fingerprint density at radius 2 is 1.64 bits per heavy atom. The van der Waals surface area contributed by atoms with E-state index in [9.17, 15) is 20.2 Å². The van der Waals surface area contributed by atoms with Crippen molar-refractivity contribution in [1.82, 2.24) is 0 Å². The number of allylic oxidation sites excluding steroid dienone is 2. The molecule has 0 amide bonds. The van der Waals surface area contributed by atoms with Crippen molar-refractivity contribution in [3.05, 3.63) is 37.6 Å². The van der Waals surface area contributed by atoms with Crippen LogP contribution >= 0.6 is 0 Å². The van der Waals surface area contributed by atoms with Crippen molar-refractivity contribution in [3.63, 3.8) is 0 Å². The predicted molar refractivity (Wildman–Crippen MR) is 78.2 cm³/mol. The number of hydrogen-bond donors (Lipinski definition) is 1. The van der Waals surface area contributed by atoms with Crippen LogP contribution in [0.5, 0.6) is 11.5 Å². The van der Waals surface area contributed by atoms with Gasteiger partial charge in [0, 0.05) is 6.07 Å². The van der Waals surface area contributed by atoms with E-state index in [1.165, 1.54) is 18.2 Å². The summed E-state index contributed by atoms with van der Waals surface area (Å²) in [6.45, 7) is 0.0259. The highest BCUT2D eigenvalue weighted by molar-refractivity contribution is 5.82. The highest BCUT2D eigenvalue weighted by Gasteiger charge is 2.39. The fraction of sp³-hybridized carbons (Fsp3) is 0.154. The standard InChI is InChI=1S/C13H6N6O6/c14-4-7(5-15)9(6-16)17-8-3-10-13(25-2-1-24-10)12(19(22)23)11(8)18(20)21/h3,17H,1-2H2. The minimum absolute atomic E-state index is 0.0336. The number of anilines is 1. The lowest BCUT2D eigenvalue weighted by atomic mass is 10.1. The smallest absolute Gasteiger partial charge is 0.393 e. The summed E-state index contributed by atoms with van der Waals surface area (Å²) in [7, 11) is 0. The lowest BCUT2D eigenvalue weighted by Crippen LogP contribution is -2.18. The summed E-state index contributed by atoms with van der Waals surface area (Å²) < 4.78 is 10.3. The van der Waals surface area contributed by atoms with Crippen molar-refractivity contribution in [1.29, 1.82) is 15.8 Å². The van der Waals surface area contributed by atoms with Crippen LogP contribution in [0.1, 0.15) is 0 Å². The molecule has 0 radical (unpaired) electrons. The van der Waals surface area contributed by atoms with Crippen molar-refractivity contribution in [2.45, 2.75) is 0 Å². The summed E-state index contributed by atoms with van der Waals surface area (Å²) in [5.74, 6) is -0.546. The Kier molecular flexibility index (Phi) is 4.63. The van der Waals surface area contributed by atoms with E-state index in [1.807, 2.05) is 0 Å². The molecule has 12 heteroatoms. The fourth-order valence-corrected chi connectivity index (χ4v) is 2.03. The lowest BCUT2D eigenvalue weighted by molar-refractivity contribution is -0.422. The van der Waals surface area contributed by atoms with Gasteiger partial charge in [0.25, 0.3) is 0 Å². The van der Waals surface area contributed by atoms with Gasteiger partial charge in [0.1, 0.15) is 42.8 Å². The molecule has 1 N–H and O–H groups in total. The largest absolute Gasteiger partial charge is 0.486 e. The van der Waals surface area contributed by atoms with Crippen LogP contribution in [-0.2, 0) is 0 Å². The molecule has 1 heterocycles. The maximum Gasteiger partial charge on any atom is 0.393 e. The zero-order chi connectivity index (χ0) is 18.6. The molecule has 1 aliphatic rings. The van der Waals surface area contributed by atoms with E-state index in [0.717, 1.165) is 6.07 Å². The predicted octanol–water partition coefficient (Wildman–Crippen LogP) is 1.51. The van der Waals surface area contributed by atoms with E-state index in [0.29, 0.717) is 0 Å². The lowest BCUT2D eigenvalue weighted by Gasteiger charge is -2.19. The summed E-state index contributed by atoms with van der Waals surface area (Å²) in [5, 5.41) is 51.5. The molecule has 1 aromatic rings. The molecule has 1 aliphatic heterocycles. The number of nitriles is 3. The van der Waals surface area contributed by atoms with Gasteiger partial charge in [-0.05, 0) is 0 Å². The van der Waals surface area contributed by atoms with Gasteiger partial charge in [-0.1, -0.05) is 0 Å². The molecule has 12 nitrogen and oxygen atoms in total. The molecule has 0 aromatic heterocycles. The molecule has 25 heavy (non-hydrogen) atoms. The molecule has 124 valence electrons. The number of rotatable bonds is 4. The molecule has 0 atom stereocenters. The van der Waals surface area contributed by atoms with Crippen molar-refractivity contribution in [2.24, 2.45) is 0 Å². The topological polar surface area (TPSA) is 188 Å². The number of hydrogen-bond acceptors (Lipinski definition) is 10. The Labute approximate surface area is 139 Å². The van der Waals surface area contributed by atoms with Crippen molar-refractivity contribution < 1.29 is 19.3 Å². The first-order chi connectivity index (χ1) is 11.9. The maximum atomic E-state index is 11.3. The van der Waals surface area contributed by atoms with E-state index in [4.69, 9.17) is 25.3 Å². The highest BCUT2D eigenvalue weighted by Crippen LogP contribution is 2.49. The Morgan fingerprint density at radius 1 is 1.04 bits per heavy atom. The summed E-state index contributed by atoms with van der Waals surface area (Å²) in [6, 6.07) is 5.43. The third kappa shape index (κ3) is 3.06. The Balaban J connectivity index is 2.77. The number of fused-ring (bicyclic) bond motifs is 1. The van der Waals surface area contributed by atoms with E-state index >= 15 is 0 Å². The van der Waals surface area contributed by atoms with E-state index in [2.05, 4.69) is 5.32 Å². The number of ether oxygens (including phenoxy) is 2. The van der Waals surface area contributed by atoms with Gasteiger partial charge < -0.3 is 14.8 Å². The number of nitro benzene ring substituents is 2. The third-order valence-corrected chi connectivity index (χ3v) is 2.99. The molecule has 0 spiro atoms. The molecule has 0 fully saturated rings. The Morgan fingerprint density at radius 3 is 2.16 bits per heavy atom. The molecule has 2 rings (SSSR count). The van der Waals surface area contributed by atoms with Gasteiger partial charge in [-0.15, -0.1) is 0 Å². The number of nitrogens with one attached hydrogen (secondary N) is 1. The molecule has 0 saturated carbocycles. The van der Waals surface area contributed by atoms with Crippen LogP contribution in [0.2, 0.25) is 0 Å². The van der Waals surface area contributed by atoms with Gasteiger partial charge in [0.15, 0.2) is 11.3 Å². The summed E-state index contributed by atoms with van der Waals surface area (Å²) >= 11 is 0. The average Bonchev–Trinajstić information content (AvgIpc) is 2.60. The molecular weight excluding hydrogens is 336 g/mol. The summed E-state index contributed by atoms with van der Waals surface area (Å²) in [4.78, 5) is 20.6. The molecule has 0 bridgehead atoms. The second-order valence-electron chi connectivity index (χ2n) is 4.37. The molecular formula is C13H6N6O6. The quantitative estimate of drug-likeness (QED) is 0.477. The molecule has 0 unspecified atom stereocenters. The first kappa shape index (κ1) is 17.0. The van der Waals surface area contributed by atoms with Crippen LogP contribution in [0.3, 0.4) is 0 Å². The van der Waals surface area contributed by atoms with Crippen LogP contribution in [0.25, 0.3) is 0 Å². The van der Waals surface area contributed by atoms with Crippen LogP contribution in [0, 0.1) is 54.2 Å². The summed E-state index contributed by atoms with van der Waals surface area (Å²) in [5.41, 5.74) is -3.68. The molecule has 0 saturated heterocycles. The molecule has 1 aromatic carbocycles. The minimum Gasteiger partial charge on any atom is -0.486 e. The number of benzene rings is 1. The van der Waals surface area contributed by atoms with Crippen LogP contribution < -0.4 is 14.8 Å². The number of nitro groups is 2. The average molecular weight is 342 g/mol. The zero-order valence-corrected chi connectivity index (χ0v) is 12.2. The minimum atomic E-state index is -1.04. The van der Waals surface area contributed by atoms with Crippen LogP contribution in [0.15, 0.2) is 17.3 Å². The van der Waals surface area contributed by atoms with Gasteiger partial charge in [0.05, 0.1) is 9.85 Å². The van der Waals surface area contributed by atoms with Crippen LogP contribution in [0.4, 0.5) is 17.1 Å². The monoisotopic (exact) mass is 342 g/mol. The van der Waals surface area contributed by atoms with Crippen molar-refractivity contribution >= 4 is 17.1 Å². The van der Waals surface area contributed by atoms with Gasteiger partial charge >= 0.3 is 11.4 Å². The normalized spacial score (nSPS) is 11.2. The highest BCUT2D eigenvalue weighted by atomic mass is 16.6. The van der Waals surface area contributed by atoms with Gasteiger partial charge in [-0.25, -0.2) is 0 Å². The third-order valence-electron chi connectivity index (χ3n) is 2.99. The Bertz CT molecular complexity index is 916. The molecule has 0 aliphatic carbocycles. The van der Waals surface area contributed by atoms with Gasteiger partial charge in [0.2, 0.25) is 5.75 Å². The Hall–Kier alpha value is -4.37. The zero-order valence-electron chi connectivity index (χ0n) is 12.2. The van der Waals surface area contributed by atoms with Gasteiger partial charge in [-0.2, -0.15) is 15.8 Å². The van der Waals surface area contributed by atoms with Crippen molar-refractivity contribution in [3.8, 4) is 29.7 Å². The van der Waals surface area contributed by atoms with Crippen molar-refractivity contribution in [2.75, 3.05) is 18.5 Å². The number of nitrogens with zero attached hydrogens (tertiary/aromatic N) is 5. The van der Waals surface area contributed by atoms with E-state index in [1.54, 1.807) is 0 Å². The van der Waals surface area contributed by atoms with Crippen LogP contribution in [-0.4, -0.2) is 23.1 Å². The first-order valence-electron chi connectivity index (χ1n) is 6.41. The summed E-state index contributed by atoms with van der Waals surface area (Å²) in [6.07, 6.45) is 0. The van der Waals surface area contributed by atoms with Gasteiger partial charge in [-0.3, -0.25) is 20.2 Å². The fourth-order valence-electron chi connectivity index (χ4n) is 2.03. The van der Waals surface area contributed by atoms with E-state index in [-0.39, 0.29) is 19.0 Å².